The van der Waals surface area contributed by atoms with E-state index in [-0.39, 0.29) is 18.0 Å². The summed E-state index contributed by atoms with van der Waals surface area (Å²) in [7, 11) is 0. The summed E-state index contributed by atoms with van der Waals surface area (Å²) in [5.41, 5.74) is 0.710. The highest BCUT2D eigenvalue weighted by Crippen LogP contribution is 2.31. The highest BCUT2D eigenvalue weighted by Gasteiger charge is 2.35. The molecule has 3 rings (SSSR count). The first-order valence-corrected chi connectivity index (χ1v) is 10.5. The van der Waals surface area contributed by atoms with Gasteiger partial charge in [-0.05, 0) is 12.8 Å². The lowest BCUT2D eigenvalue weighted by Gasteiger charge is -2.13. The third-order valence-electron chi connectivity index (χ3n) is 4.82. The number of imidazole rings is 1. The molecule has 0 bridgehead atoms. The Morgan fingerprint density at radius 1 is 1.10 bits per heavy atom. The normalized spacial score (nSPS) is 21.3. The molecule has 0 aliphatic carbocycles. The number of nitrogens with zero attached hydrogens (tertiary/aromatic N) is 4. The van der Waals surface area contributed by atoms with Crippen LogP contribution in [0, 0.1) is 0 Å². The summed E-state index contributed by atoms with van der Waals surface area (Å²) in [5.74, 6) is -0.198. The number of fused-ring (bicyclic) bond motifs is 1. The van der Waals surface area contributed by atoms with Crippen LogP contribution >= 0.6 is 0 Å². The molecule has 2 aromatic rings. The molecule has 0 radical (unpaired) electrons. The first-order valence-electron chi connectivity index (χ1n) is 10.5. The van der Waals surface area contributed by atoms with Crippen molar-refractivity contribution in [3.8, 4) is 5.88 Å². The maximum Gasteiger partial charge on any atom is 0.242 e. The molecule has 9 nitrogen and oxygen atoms in total. The molecule has 0 aromatic carbocycles. The number of ether oxygens (including phenoxy) is 2. The van der Waals surface area contributed by atoms with Gasteiger partial charge in [-0.25, -0.2) is 9.97 Å². The lowest BCUT2D eigenvalue weighted by atomic mass is 10.2. The van der Waals surface area contributed by atoms with Crippen LogP contribution in [0.15, 0.2) is 12.7 Å². The van der Waals surface area contributed by atoms with Gasteiger partial charge in [-0.3, -0.25) is 4.57 Å². The molecule has 1 aliphatic heterocycles. The number of rotatable bonds is 10. The number of aliphatic hydroxyl groups excluding tert-OH is 2. The van der Waals surface area contributed by atoms with E-state index in [1.54, 1.807) is 4.57 Å². The second kappa shape index (κ2) is 12.7. The topological polar surface area (TPSA) is 123 Å². The zero-order valence-electron chi connectivity index (χ0n) is 17.4. The second-order valence-electron chi connectivity index (χ2n) is 7.16. The average Bonchev–Trinajstić information content (AvgIpc) is 3.32. The van der Waals surface area contributed by atoms with Crippen LogP contribution < -0.4 is 0 Å². The molecule has 1 saturated heterocycles. The van der Waals surface area contributed by atoms with Gasteiger partial charge < -0.3 is 24.8 Å². The zero-order valence-corrected chi connectivity index (χ0v) is 17.4. The van der Waals surface area contributed by atoms with Gasteiger partial charge in [-0.1, -0.05) is 39.5 Å². The Bertz CT molecular complexity index is 703. The fourth-order valence-electron chi connectivity index (χ4n) is 3.11. The Balaban J connectivity index is 0.000000237. The lowest BCUT2D eigenvalue weighted by molar-refractivity contribution is -0.0432. The smallest absolute Gasteiger partial charge is 0.242 e. The molecular formula is C20H34N4O5. The van der Waals surface area contributed by atoms with Crippen molar-refractivity contribution in [3.05, 3.63) is 12.7 Å². The van der Waals surface area contributed by atoms with Crippen molar-refractivity contribution in [1.82, 2.24) is 19.5 Å². The van der Waals surface area contributed by atoms with Crippen LogP contribution in [0.2, 0.25) is 0 Å². The van der Waals surface area contributed by atoms with Gasteiger partial charge in [-0.15, -0.1) is 0 Å². The molecule has 0 spiro atoms. The Labute approximate surface area is 171 Å². The van der Waals surface area contributed by atoms with E-state index in [2.05, 4.69) is 28.8 Å². The monoisotopic (exact) mass is 410 g/mol. The molecule has 3 heterocycles. The van der Waals surface area contributed by atoms with Crippen molar-refractivity contribution in [2.75, 3.05) is 19.8 Å². The predicted octanol–water partition coefficient (Wildman–Crippen LogP) is 2.56. The van der Waals surface area contributed by atoms with Gasteiger partial charge in [0.2, 0.25) is 5.88 Å². The van der Waals surface area contributed by atoms with Crippen molar-refractivity contribution in [2.45, 2.75) is 77.2 Å². The first-order chi connectivity index (χ1) is 14.1. The minimum absolute atomic E-state index is 0.198. The standard InChI is InChI=1S/C10H12N4O4.C10H22O/c15-2-6-5(16)1-7(18-6)14-4-13-8-9(14)11-3-12-10(8)17;1-3-5-7-9-11-10-8-6-4-2/h3-7,15-16H,1-2H2,(H,11,12,17);3-10H2,1-2H3/t5-,6+,7+;/m0./s1. The molecule has 1 aliphatic rings. The van der Waals surface area contributed by atoms with Crippen LogP contribution in [-0.4, -0.2) is 66.9 Å². The molecule has 29 heavy (non-hydrogen) atoms. The molecule has 0 amide bonds. The largest absolute Gasteiger partial charge is 0.492 e. The number of hydrogen-bond acceptors (Lipinski definition) is 8. The quantitative estimate of drug-likeness (QED) is 0.511. The summed E-state index contributed by atoms with van der Waals surface area (Å²) in [5, 5.41) is 28.2. The number of hydrogen-bond donors (Lipinski definition) is 3. The van der Waals surface area contributed by atoms with E-state index < -0.39 is 18.4 Å². The molecule has 9 heteroatoms. The lowest BCUT2D eigenvalue weighted by Crippen LogP contribution is -2.24. The third kappa shape index (κ3) is 6.88. The van der Waals surface area contributed by atoms with Gasteiger partial charge in [0.1, 0.15) is 18.7 Å². The van der Waals surface area contributed by atoms with Crippen molar-refractivity contribution < 1.29 is 24.8 Å². The summed E-state index contributed by atoms with van der Waals surface area (Å²) in [6.45, 7) is 6.13. The Morgan fingerprint density at radius 3 is 2.38 bits per heavy atom. The average molecular weight is 411 g/mol. The fourth-order valence-corrected chi connectivity index (χ4v) is 3.11. The highest BCUT2D eigenvalue weighted by atomic mass is 16.5. The molecule has 0 unspecified atom stereocenters. The van der Waals surface area contributed by atoms with Crippen molar-refractivity contribution in [1.29, 1.82) is 0 Å². The third-order valence-corrected chi connectivity index (χ3v) is 4.82. The predicted molar refractivity (Wildman–Crippen MR) is 108 cm³/mol. The van der Waals surface area contributed by atoms with Crippen LogP contribution in [0.4, 0.5) is 0 Å². The van der Waals surface area contributed by atoms with Crippen LogP contribution in [0.3, 0.4) is 0 Å². The van der Waals surface area contributed by atoms with Crippen LogP contribution in [0.5, 0.6) is 5.88 Å². The van der Waals surface area contributed by atoms with Crippen molar-refractivity contribution in [3.63, 3.8) is 0 Å². The molecule has 3 atom stereocenters. The molecular weight excluding hydrogens is 376 g/mol. The number of aliphatic hydroxyl groups is 2. The van der Waals surface area contributed by atoms with E-state index in [0.29, 0.717) is 12.1 Å². The maximum absolute atomic E-state index is 9.68. The SMILES string of the molecule is CCCCCOCCCCC.OC[C@H]1O[C@@H](n2cnc3c(O)ncnc32)C[C@@H]1O. The van der Waals surface area contributed by atoms with E-state index >= 15 is 0 Å². The molecule has 3 N–H and O–H groups in total. The zero-order chi connectivity index (χ0) is 21.1. The van der Waals surface area contributed by atoms with E-state index in [4.69, 9.17) is 14.6 Å². The van der Waals surface area contributed by atoms with E-state index in [0.717, 1.165) is 13.2 Å². The molecule has 164 valence electrons. The van der Waals surface area contributed by atoms with Crippen LogP contribution in [0.1, 0.15) is 65.0 Å². The summed E-state index contributed by atoms with van der Waals surface area (Å²) in [4.78, 5) is 11.7. The summed E-state index contributed by atoms with van der Waals surface area (Å²) < 4.78 is 12.5. The Morgan fingerprint density at radius 2 is 1.79 bits per heavy atom. The van der Waals surface area contributed by atoms with Crippen molar-refractivity contribution in [2.24, 2.45) is 0 Å². The summed E-state index contributed by atoms with van der Waals surface area (Å²) in [6.07, 6.45) is 8.92. The van der Waals surface area contributed by atoms with E-state index in [9.17, 15) is 10.2 Å². The minimum atomic E-state index is -0.729. The fraction of sp³-hybridized carbons (Fsp3) is 0.750. The van der Waals surface area contributed by atoms with E-state index in [1.165, 1.54) is 51.2 Å². The van der Waals surface area contributed by atoms with Gasteiger partial charge in [0.15, 0.2) is 11.2 Å². The van der Waals surface area contributed by atoms with Gasteiger partial charge in [0, 0.05) is 19.6 Å². The minimum Gasteiger partial charge on any atom is -0.492 e. The van der Waals surface area contributed by atoms with Crippen molar-refractivity contribution >= 4 is 11.2 Å². The first kappa shape index (κ1) is 23.5. The Hall–Kier alpha value is -1.81. The molecule has 0 saturated carbocycles. The molecule has 2 aromatic heterocycles. The highest BCUT2D eigenvalue weighted by molar-refractivity contribution is 5.75. The van der Waals surface area contributed by atoms with E-state index in [1.807, 2.05) is 0 Å². The van der Waals surface area contributed by atoms with Crippen LogP contribution in [0.25, 0.3) is 11.2 Å². The van der Waals surface area contributed by atoms with Gasteiger partial charge >= 0.3 is 0 Å². The second-order valence-corrected chi connectivity index (χ2v) is 7.16. The van der Waals surface area contributed by atoms with Crippen LogP contribution in [-0.2, 0) is 9.47 Å². The van der Waals surface area contributed by atoms with Gasteiger partial charge in [0.05, 0.1) is 19.0 Å². The molecule has 1 fully saturated rings. The summed E-state index contributed by atoms with van der Waals surface area (Å²) >= 11 is 0. The summed E-state index contributed by atoms with van der Waals surface area (Å²) in [6, 6.07) is 0. The number of aromatic nitrogens is 4. The maximum atomic E-state index is 9.68. The Kier molecular flexibility index (Phi) is 10.3. The van der Waals surface area contributed by atoms with Gasteiger partial charge in [0.25, 0.3) is 0 Å². The number of unbranched alkanes of at least 4 members (excludes halogenated alkanes) is 4. The number of aromatic hydroxyl groups is 1. The van der Waals surface area contributed by atoms with Gasteiger partial charge in [-0.2, -0.15) is 4.98 Å².